The van der Waals surface area contributed by atoms with Crippen LogP contribution in [0.4, 0.5) is 5.95 Å². The minimum atomic E-state index is 0.730. The molecule has 1 aromatic heterocycles. The summed E-state index contributed by atoms with van der Waals surface area (Å²) in [5.74, 6) is 0.762. The highest BCUT2D eigenvalue weighted by Gasteiger charge is 2.17. The van der Waals surface area contributed by atoms with Crippen molar-refractivity contribution in [1.29, 1.82) is 0 Å². The van der Waals surface area contributed by atoms with Gasteiger partial charge in [-0.05, 0) is 46.9 Å². The van der Waals surface area contributed by atoms with E-state index in [-0.39, 0.29) is 0 Å². The van der Waals surface area contributed by atoms with Crippen molar-refractivity contribution in [3.63, 3.8) is 0 Å². The Morgan fingerprint density at radius 2 is 1.68 bits per heavy atom. The summed E-state index contributed by atoms with van der Waals surface area (Å²) in [7, 11) is 0. The first-order chi connectivity index (χ1) is 13.8. The highest BCUT2D eigenvalue weighted by Crippen LogP contribution is 2.40. The Hall–Kier alpha value is -2.63. The third kappa shape index (κ3) is 3.32. The summed E-state index contributed by atoms with van der Waals surface area (Å²) < 4.78 is 5.40. The molecule has 0 spiro atoms. The highest BCUT2D eigenvalue weighted by atomic mass is 32.2. The van der Waals surface area contributed by atoms with Gasteiger partial charge in [-0.15, -0.1) is 0 Å². The molecule has 28 heavy (non-hydrogen) atoms. The average molecular weight is 388 g/mol. The first kappa shape index (κ1) is 17.5. The van der Waals surface area contributed by atoms with Gasteiger partial charge in [0, 0.05) is 40.8 Å². The van der Waals surface area contributed by atoms with Gasteiger partial charge in [-0.1, -0.05) is 42.6 Å². The molecule has 0 radical (unpaired) electrons. The van der Waals surface area contributed by atoms with Crippen molar-refractivity contribution in [1.82, 2.24) is 9.97 Å². The van der Waals surface area contributed by atoms with Crippen molar-refractivity contribution >= 4 is 23.3 Å². The van der Waals surface area contributed by atoms with E-state index < -0.39 is 0 Å². The second kappa shape index (κ2) is 7.41. The predicted octanol–water partition coefficient (Wildman–Crippen LogP) is 4.43. The number of rotatable bonds is 3. The summed E-state index contributed by atoms with van der Waals surface area (Å²) >= 11 is 1.85. The molecule has 0 aliphatic carbocycles. The Morgan fingerprint density at radius 3 is 2.50 bits per heavy atom. The van der Waals surface area contributed by atoms with Crippen molar-refractivity contribution < 1.29 is 4.74 Å². The molecule has 0 atom stereocenters. The Labute approximate surface area is 169 Å². The van der Waals surface area contributed by atoms with E-state index in [2.05, 4.69) is 63.9 Å². The van der Waals surface area contributed by atoms with Crippen LogP contribution in [0.15, 0.2) is 71.2 Å². The van der Waals surface area contributed by atoms with Crippen LogP contribution in [0.1, 0.15) is 22.3 Å². The lowest BCUT2D eigenvalue weighted by Crippen LogP contribution is -2.37. The van der Waals surface area contributed by atoms with E-state index >= 15 is 0 Å². The van der Waals surface area contributed by atoms with Crippen molar-refractivity contribution in [2.45, 2.75) is 16.2 Å². The minimum Gasteiger partial charge on any atom is -0.378 e. The smallest absolute Gasteiger partial charge is 0.225 e. The normalized spacial score (nSPS) is 15.6. The molecule has 4 nitrogen and oxygen atoms in total. The number of fused-ring (bicyclic) bond motifs is 2. The fourth-order valence-corrected chi connectivity index (χ4v) is 4.70. The van der Waals surface area contributed by atoms with Gasteiger partial charge in [0.25, 0.3) is 0 Å². The minimum absolute atomic E-state index is 0.730. The Balaban J connectivity index is 1.37. The summed E-state index contributed by atoms with van der Waals surface area (Å²) in [4.78, 5) is 14.0. The summed E-state index contributed by atoms with van der Waals surface area (Å²) in [6.07, 6.45) is 4.72. The highest BCUT2D eigenvalue weighted by molar-refractivity contribution is 7.99. The number of aromatic nitrogens is 2. The van der Waals surface area contributed by atoms with Gasteiger partial charge in [0.15, 0.2) is 0 Å². The quantitative estimate of drug-likeness (QED) is 0.520. The maximum atomic E-state index is 5.40. The van der Waals surface area contributed by atoms with Gasteiger partial charge in [0.1, 0.15) is 0 Å². The molecule has 2 aliphatic rings. The molecule has 0 amide bonds. The number of ether oxygens (including phenoxy) is 1. The van der Waals surface area contributed by atoms with Crippen molar-refractivity contribution in [2.24, 2.45) is 0 Å². The van der Waals surface area contributed by atoms with Crippen LogP contribution in [-0.4, -0.2) is 36.3 Å². The number of morpholine rings is 1. The van der Waals surface area contributed by atoms with Crippen molar-refractivity contribution in [2.75, 3.05) is 31.2 Å². The SMILES string of the molecule is C=C(c1cnc(N2CCOCC2)nc1)c1ccc2c(c1)Cc1ccccc1S2. The van der Waals surface area contributed by atoms with E-state index in [0.717, 1.165) is 55.4 Å². The number of nitrogens with zero attached hydrogens (tertiary/aromatic N) is 3. The van der Waals surface area contributed by atoms with Crippen LogP contribution in [0.3, 0.4) is 0 Å². The Morgan fingerprint density at radius 1 is 0.929 bits per heavy atom. The standard InChI is InChI=1S/C23H21N3OS/c1-16(20-14-24-23(25-15-20)26-8-10-27-11-9-26)17-6-7-22-19(12-17)13-18-4-2-3-5-21(18)28-22/h2-7,12,14-15H,1,8-11,13H2. The first-order valence-electron chi connectivity index (χ1n) is 9.51. The molecular formula is C23H21N3OS. The molecule has 0 N–H and O–H groups in total. The molecule has 0 unspecified atom stereocenters. The zero-order valence-electron chi connectivity index (χ0n) is 15.6. The first-order valence-corrected chi connectivity index (χ1v) is 10.3. The van der Waals surface area contributed by atoms with Gasteiger partial charge in [0.05, 0.1) is 13.2 Å². The van der Waals surface area contributed by atoms with Crippen molar-refractivity contribution in [3.8, 4) is 0 Å². The van der Waals surface area contributed by atoms with Crippen LogP contribution < -0.4 is 4.90 Å². The molecule has 0 saturated carbocycles. The van der Waals surface area contributed by atoms with Gasteiger partial charge in [0.2, 0.25) is 5.95 Å². The molecule has 1 saturated heterocycles. The van der Waals surface area contributed by atoms with E-state index in [9.17, 15) is 0 Å². The molecule has 0 bridgehead atoms. The number of anilines is 1. The second-order valence-electron chi connectivity index (χ2n) is 7.06. The lowest BCUT2D eigenvalue weighted by atomic mass is 9.97. The molecule has 1 fully saturated rings. The maximum absolute atomic E-state index is 5.40. The molecular weight excluding hydrogens is 366 g/mol. The van der Waals surface area contributed by atoms with Crippen LogP contribution >= 0.6 is 11.8 Å². The molecule has 2 aliphatic heterocycles. The Kier molecular flexibility index (Phi) is 4.63. The molecule has 5 heteroatoms. The lowest BCUT2D eigenvalue weighted by molar-refractivity contribution is 0.122. The van der Waals surface area contributed by atoms with Gasteiger partial charge < -0.3 is 9.64 Å². The fraction of sp³-hybridized carbons (Fsp3) is 0.217. The van der Waals surface area contributed by atoms with Crippen LogP contribution in [-0.2, 0) is 11.2 Å². The third-order valence-electron chi connectivity index (χ3n) is 5.26. The summed E-state index contributed by atoms with van der Waals surface area (Å²) in [5, 5.41) is 0. The Bertz CT molecular complexity index is 1030. The predicted molar refractivity (Wildman–Crippen MR) is 113 cm³/mol. The maximum Gasteiger partial charge on any atom is 0.225 e. The second-order valence-corrected chi connectivity index (χ2v) is 8.14. The molecule has 2 aromatic carbocycles. The summed E-state index contributed by atoms with van der Waals surface area (Å²) in [5.41, 5.74) is 5.79. The van der Waals surface area contributed by atoms with E-state index in [1.807, 2.05) is 24.2 Å². The van der Waals surface area contributed by atoms with Gasteiger partial charge in [-0.25, -0.2) is 9.97 Å². The van der Waals surface area contributed by atoms with Crippen molar-refractivity contribution in [3.05, 3.63) is 83.7 Å². The third-order valence-corrected chi connectivity index (χ3v) is 6.50. The summed E-state index contributed by atoms with van der Waals surface area (Å²) in [6.45, 7) is 7.45. The number of benzene rings is 2. The number of hydrogen-bond donors (Lipinski definition) is 0. The molecule has 3 aromatic rings. The zero-order chi connectivity index (χ0) is 18.9. The van der Waals surface area contributed by atoms with Gasteiger partial charge in [-0.2, -0.15) is 0 Å². The fourth-order valence-electron chi connectivity index (χ4n) is 3.65. The topological polar surface area (TPSA) is 38.2 Å². The largest absolute Gasteiger partial charge is 0.378 e. The summed E-state index contributed by atoms with van der Waals surface area (Å²) in [6, 6.07) is 15.2. The molecule has 5 rings (SSSR count). The van der Waals surface area contributed by atoms with E-state index in [0.29, 0.717) is 0 Å². The zero-order valence-corrected chi connectivity index (χ0v) is 16.4. The monoisotopic (exact) mass is 387 g/mol. The van der Waals surface area contributed by atoms with Crippen LogP contribution in [0, 0.1) is 0 Å². The molecule has 3 heterocycles. The van der Waals surface area contributed by atoms with Crippen LogP contribution in [0.25, 0.3) is 5.57 Å². The molecule has 140 valence electrons. The average Bonchev–Trinajstić information content (AvgIpc) is 2.77. The van der Waals surface area contributed by atoms with Crippen LogP contribution in [0.5, 0.6) is 0 Å². The number of hydrogen-bond acceptors (Lipinski definition) is 5. The van der Waals surface area contributed by atoms with E-state index in [1.165, 1.54) is 20.9 Å². The van der Waals surface area contributed by atoms with Gasteiger partial charge in [-0.3, -0.25) is 0 Å². The van der Waals surface area contributed by atoms with Crippen LogP contribution in [0.2, 0.25) is 0 Å². The van der Waals surface area contributed by atoms with Gasteiger partial charge >= 0.3 is 0 Å². The van der Waals surface area contributed by atoms with E-state index in [4.69, 9.17) is 4.74 Å². The van der Waals surface area contributed by atoms with E-state index in [1.54, 1.807) is 0 Å². The lowest BCUT2D eigenvalue weighted by Gasteiger charge is -2.26.